The molecule has 18 heavy (non-hydrogen) atoms. The molecule has 2 heterocycles. The third-order valence-electron chi connectivity index (χ3n) is 1.26. The summed E-state index contributed by atoms with van der Waals surface area (Å²) in [6, 6.07) is 3.02. The maximum atomic E-state index is 10.2. The molecule has 0 aliphatic carbocycles. The molecule has 0 saturated carbocycles. The predicted molar refractivity (Wildman–Crippen MR) is 63.9 cm³/mol. The van der Waals surface area contributed by atoms with E-state index in [4.69, 9.17) is 10.2 Å². The van der Waals surface area contributed by atoms with E-state index in [1.807, 2.05) is 4.98 Å². The van der Waals surface area contributed by atoms with Crippen LogP contribution in [0.2, 0.25) is 0 Å². The van der Waals surface area contributed by atoms with Crippen LogP contribution in [-0.2, 0) is 0 Å². The van der Waals surface area contributed by atoms with E-state index < -0.39 is 5.69 Å². The summed E-state index contributed by atoms with van der Waals surface area (Å²) in [4.78, 5) is 32.0. The number of aromatic amines is 2. The largest absolute Gasteiger partial charge is 0.394 e. The zero-order valence-electron chi connectivity index (χ0n) is 9.48. The molecule has 8 nitrogen and oxygen atoms in total. The van der Waals surface area contributed by atoms with E-state index in [2.05, 4.69) is 15.0 Å². The second-order valence-corrected chi connectivity index (χ2v) is 2.65. The average Bonchev–Trinajstić information content (AvgIpc) is 2.41. The van der Waals surface area contributed by atoms with Gasteiger partial charge in [-0.2, -0.15) is 0 Å². The predicted octanol–water partition coefficient (Wildman–Crippen LogP) is -1.49. The molecule has 0 amide bonds. The van der Waals surface area contributed by atoms with Crippen molar-refractivity contribution in [1.29, 1.82) is 0 Å². The van der Waals surface area contributed by atoms with Crippen molar-refractivity contribution in [3.8, 4) is 0 Å². The van der Waals surface area contributed by atoms with Gasteiger partial charge in [-0.15, -0.1) is 0 Å². The van der Waals surface area contributed by atoms with Crippen LogP contribution in [0.15, 0.2) is 46.6 Å². The molecule has 0 atom stereocenters. The number of H-pyrrole nitrogens is 2. The van der Waals surface area contributed by atoms with E-state index in [0.717, 1.165) is 0 Å². The normalized spacial score (nSPS) is 8.33. The molecule has 0 aromatic carbocycles. The molecule has 2 aromatic rings. The first-order valence-corrected chi connectivity index (χ1v) is 4.90. The number of nitrogens with one attached hydrogen (secondary N) is 2. The average molecular weight is 254 g/mol. The summed E-state index contributed by atoms with van der Waals surface area (Å²) in [7, 11) is 0. The Bertz CT molecular complexity index is 443. The molecular weight excluding hydrogens is 240 g/mol. The molecule has 98 valence electrons. The number of hydrogen-bond acceptors (Lipinski definition) is 6. The first-order valence-electron chi connectivity index (χ1n) is 4.90. The zero-order valence-corrected chi connectivity index (χ0v) is 9.48. The minimum absolute atomic E-state index is 0.125. The molecule has 2 rings (SSSR count). The van der Waals surface area contributed by atoms with Gasteiger partial charge in [-0.05, 0) is 6.07 Å². The van der Waals surface area contributed by atoms with Gasteiger partial charge in [-0.3, -0.25) is 9.78 Å². The molecule has 0 saturated heterocycles. The zero-order chi connectivity index (χ0) is 13.6. The van der Waals surface area contributed by atoms with E-state index in [0.29, 0.717) is 0 Å². The van der Waals surface area contributed by atoms with Crippen LogP contribution in [0.25, 0.3) is 0 Å². The summed E-state index contributed by atoms with van der Waals surface area (Å²) in [5, 5.41) is 15.2. The van der Waals surface area contributed by atoms with Crippen molar-refractivity contribution in [1.82, 2.24) is 19.9 Å². The van der Waals surface area contributed by atoms with E-state index >= 15 is 0 Å². The van der Waals surface area contributed by atoms with Crippen LogP contribution in [0.3, 0.4) is 0 Å². The third kappa shape index (κ3) is 10.2. The van der Waals surface area contributed by atoms with E-state index in [1.165, 1.54) is 18.6 Å². The molecule has 0 spiro atoms. The van der Waals surface area contributed by atoms with Gasteiger partial charge in [0, 0.05) is 24.7 Å². The fourth-order valence-corrected chi connectivity index (χ4v) is 0.636. The summed E-state index contributed by atoms with van der Waals surface area (Å²) < 4.78 is 0. The molecule has 0 radical (unpaired) electrons. The Morgan fingerprint density at radius 2 is 1.72 bits per heavy atom. The van der Waals surface area contributed by atoms with Crippen LogP contribution in [0.5, 0.6) is 0 Å². The molecule has 8 heteroatoms. The van der Waals surface area contributed by atoms with Crippen LogP contribution >= 0.6 is 0 Å². The third-order valence-corrected chi connectivity index (χ3v) is 1.26. The second-order valence-electron chi connectivity index (χ2n) is 2.65. The van der Waals surface area contributed by atoms with Gasteiger partial charge < -0.3 is 15.2 Å². The van der Waals surface area contributed by atoms with Gasteiger partial charge in [0.2, 0.25) is 0 Å². The molecule has 0 aliphatic heterocycles. The Kier molecular flexibility index (Phi) is 9.73. The van der Waals surface area contributed by atoms with Crippen molar-refractivity contribution in [2.75, 3.05) is 13.2 Å². The Hall–Kier alpha value is -2.32. The fraction of sp³-hybridized carbons (Fsp3) is 0.200. The van der Waals surface area contributed by atoms with Crippen LogP contribution in [0.4, 0.5) is 0 Å². The molecule has 0 unspecified atom stereocenters. The van der Waals surface area contributed by atoms with Crippen molar-refractivity contribution in [3.05, 3.63) is 57.9 Å². The molecule has 0 aliphatic rings. The number of aromatic nitrogens is 4. The van der Waals surface area contributed by atoms with Gasteiger partial charge in [0.1, 0.15) is 6.33 Å². The van der Waals surface area contributed by atoms with Gasteiger partial charge in [-0.1, -0.05) is 0 Å². The Labute approximate surface area is 102 Å². The number of aliphatic hydroxyl groups excluding tert-OH is 2. The number of nitrogens with zero attached hydrogens (tertiary/aromatic N) is 2. The van der Waals surface area contributed by atoms with Crippen LogP contribution in [0.1, 0.15) is 0 Å². The summed E-state index contributed by atoms with van der Waals surface area (Å²) in [6.07, 6.45) is 6.17. The number of hydrogen-bond donors (Lipinski definition) is 4. The number of rotatable bonds is 1. The molecular formula is C10H14N4O4. The van der Waals surface area contributed by atoms with Crippen LogP contribution in [-0.4, -0.2) is 43.4 Å². The monoisotopic (exact) mass is 254 g/mol. The van der Waals surface area contributed by atoms with Crippen molar-refractivity contribution < 1.29 is 10.2 Å². The maximum Gasteiger partial charge on any atom is 0.325 e. The summed E-state index contributed by atoms with van der Waals surface area (Å²) in [5.41, 5.74) is -0.855. The second kappa shape index (κ2) is 11.2. The maximum absolute atomic E-state index is 10.2. The summed E-state index contributed by atoms with van der Waals surface area (Å²) >= 11 is 0. The smallest absolute Gasteiger partial charge is 0.325 e. The summed E-state index contributed by atoms with van der Waals surface area (Å²) in [6.45, 7) is -0.250. The fourth-order valence-electron chi connectivity index (χ4n) is 0.636. The highest BCUT2D eigenvalue weighted by atomic mass is 16.3. The van der Waals surface area contributed by atoms with Crippen LogP contribution < -0.4 is 11.2 Å². The topological polar surface area (TPSA) is 132 Å². The van der Waals surface area contributed by atoms with Gasteiger partial charge in [-0.25, -0.2) is 14.8 Å². The van der Waals surface area contributed by atoms with Gasteiger partial charge >= 0.3 is 5.69 Å². The highest BCUT2D eigenvalue weighted by molar-refractivity contribution is 4.77. The minimum atomic E-state index is -0.475. The molecule has 4 N–H and O–H groups in total. The molecule has 0 fully saturated rings. The Morgan fingerprint density at radius 3 is 1.94 bits per heavy atom. The summed E-state index contributed by atoms with van der Waals surface area (Å²) in [5.74, 6) is 0. The highest BCUT2D eigenvalue weighted by Gasteiger charge is 1.77. The lowest BCUT2D eigenvalue weighted by molar-refractivity contribution is 0.186. The van der Waals surface area contributed by atoms with Crippen molar-refractivity contribution in [2.45, 2.75) is 0 Å². The SMILES string of the molecule is O=c1cc[nH]c(=O)[nH]1.OCCO.c1cncnc1. The van der Waals surface area contributed by atoms with Crippen LogP contribution in [0, 0.1) is 0 Å². The van der Waals surface area contributed by atoms with Gasteiger partial charge in [0.25, 0.3) is 5.56 Å². The number of aliphatic hydroxyl groups is 2. The van der Waals surface area contributed by atoms with E-state index in [-0.39, 0.29) is 18.8 Å². The van der Waals surface area contributed by atoms with E-state index in [1.54, 1.807) is 18.5 Å². The Morgan fingerprint density at radius 1 is 1.11 bits per heavy atom. The minimum Gasteiger partial charge on any atom is -0.394 e. The van der Waals surface area contributed by atoms with Crippen molar-refractivity contribution >= 4 is 0 Å². The quantitative estimate of drug-likeness (QED) is 0.490. The first kappa shape index (κ1) is 15.7. The lowest BCUT2D eigenvalue weighted by Gasteiger charge is -1.75. The highest BCUT2D eigenvalue weighted by Crippen LogP contribution is 1.66. The molecule has 0 bridgehead atoms. The van der Waals surface area contributed by atoms with Crippen molar-refractivity contribution in [3.63, 3.8) is 0 Å². The van der Waals surface area contributed by atoms with Gasteiger partial charge in [0.15, 0.2) is 0 Å². The van der Waals surface area contributed by atoms with Gasteiger partial charge in [0.05, 0.1) is 13.2 Å². The lowest BCUT2D eigenvalue weighted by atomic mass is 10.7. The lowest BCUT2D eigenvalue weighted by Crippen LogP contribution is -2.19. The van der Waals surface area contributed by atoms with E-state index in [9.17, 15) is 9.59 Å². The molecule has 2 aromatic heterocycles. The van der Waals surface area contributed by atoms with Crippen molar-refractivity contribution in [2.24, 2.45) is 0 Å². The standard InChI is InChI=1S/C4H4N2O2.C4H4N2.C2H6O2/c7-3-1-2-5-4(8)6-3;1-2-5-4-6-3-1;3-1-2-4/h1-2H,(H2,5,6,7,8);1-4H;3-4H,1-2H2. The Balaban J connectivity index is 0.000000257. The first-order chi connectivity index (χ1) is 8.70.